The molecule has 4 aromatic heterocycles. The normalized spacial score (nSPS) is 11.5. The molecule has 0 radical (unpaired) electrons. The molecule has 0 fully saturated rings. The van der Waals surface area contributed by atoms with Crippen LogP contribution in [0.4, 0.5) is 0 Å². The highest BCUT2D eigenvalue weighted by Gasteiger charge is 2.22. The van der Waals surface area contributed by atoms with E-state index in [1.54, 1.807) is 19.5 Å². The molecule has 252 valence electrons. The first-order valence-corrected chi connectivity index (χ1v) is 22.0. The summed E-state index contributed by atoms with van der Waals surface area (Å²) in [6, 6.07) is 19.5. The first-order valence-electron chi connectivity index (χ1n) is 18.8. The van der Waals surface area contributed by atoms with Crippen LogP contribution in [-0.2, 0) is 25.7 Å². The van der Waals surface area contributed by atoms with Crippen molar-refractivity contribution < 1.29 is 0 Å². The molecular formula is C42H60S4. The minimum atomic E-state index is 1.21. The highest BCUT2D eigenvalue weighted by molar-refractivity contribution is 7.18. The summed E-state index contributed by atoms with van der Waals surface area (Å²) in [5.41, 5.74) is 2.96. The van der Waals surface area contributed by atoms with Crippen LogP contribution in [0.3, 0.4) is 0 Å². The largest absolute Gasteiger partial charge is 0.140 e. The van der Waals surface area contributed by atoms with Crippen LogP contribution < -0.4 is 0 Å². The summed E-state index contributed by atoms with van der Waals surface area (Å²) in [5, 5.41) is 0. The van der Waals surface area contributed by atoms with Gasteiger partial charge in [-0.25, -0.2) is 0 Å². The Kier molecular flexibility index (Phi) is 17.5. The van der Waals surface area contributed by atoms with Gasteiger partial charge >= 0.3 is 0 Å². The summed E-state index contributed by atoms with van der Waals surface area (Å²) in [6.07, 6.45) is 26.0. The van der Waals surface area contributed by atoms with E-state index in [4.69, 9.17) is 0 Å². The van der Waals surface area contributed by atoms with Gasteiger partial charge in [0.25, 0.3) is 0 Å². The van der Waals surface area contributed by atoms with Crippen LogP contribution in [0.15, 0.2) is 48.5 Å². The van der Waals surface area contributed by atoms with Gasteiger partial charge in [-0.1, -0.05) is 105 Å². The Hall–Kier alpha value is -1.46. The van der Waals surface area contributed by atoms with Crippen molar-refractivity contribution in [2.45, 2.75) is 156 Å². The molecule has 0 saturated heterocycles. The predicted octanol–water partition coefficient (Wildman–Crippen LogP) is 15.4. The summed E-state index contributed by atoms with van der Waals surface area (Å²) >= 11 is 8.22. The van der Waals surface area contributed by atoms with Gasteiger partial charge in [0.15, 0.2) is 0 Å². The van der Waals surface area contributed by atoms with E-state index in [1.165, 1.54) is 159 Å². The van der Waals surface area contributed by atoms with Crippen LogP contribution in [0.2, 0.25) is 0 Å². The number of aryl methyl sites for hydroxylation is 4. The molecule has 0 nitrogen and oxygen atoms in total. The van der Waals surface area contributed by atoms with Gasteiger partial charge in [-0.3, -0.25) is 0 Å². The number of hydrogen-bond acceptors (Lipinski definition) is 4. The summed E-state index contributed by atoms with van der Waals surface area (Å²) in [7, 11) is 0. The predicted molar refractivity (Wildman–Crippen MR) is 214 cm³/mol. The third-order valence-electron chi connectivity index (χ3n) is 8.99. The Morgan fingerprint density at radius 2 is 0.565 bits per heavy atom. The molecule has 0 saturated carbocycles. The van der Waals surface area contributed by atoms with E-state index in [0.717, 1.165) is 0 Å². The van der Waals surface area contributed by atoms with Gasteiger partial charge in [-0.2, -0.15) is 0 Å². The molecule has 46 heavy (non-hydrogen) atoms. The fourth-order valence-electron chi connectivity index (χ4n) is 6.23. The molecule has 0 N–H and O–H groups in total. The second-order valence-corrected chi connectivity index (χ2v) is 17.7. The summed E-state index contributed by atoms with van der Waals surface area (Å²) in [5.74, 6) is 0. The lowest BCUT2D eigenvalue weighted by atomic mass is 10.0. The van der Waals surface area contributed by atoms with E-state index >= 15 is 0 Å². The van der Waals surface area contributed by atoms with E-state index < -0.39 is 0 Å². The Morgan fingerprint density at radius 1 is 0.326 bits per heavy atom. The fraction of sp³-hybridized carbons (Fsp3) is 0.571. The zero-order valence-corrected chi connectivity index (χ0v) is 32.7. The van der Waals surface area contributed by atoms with Gasteiger partial charge in [0, 0.05) is 50.2 Å². The minimum absolute atomic E-state index is 1.21. The highest BCUT2D eigenvalue weighted by atomic mass is 32.1. The highest BCUT2D eigenvalue weighted by Crippen LogP contribution is 2.45. The quantitative estimate of drug-likeness (QED) is 0.0641. The fourth-order valence-corrected chi connectivity index (χ4v) is 10.8. The van der Waals surface area contributed by atoms with Crippen LogP contribution in [0.5, 0.6) is 0 Å². The van der Waals surface area contributed by atoms with Crippen molar-refractivity contribution in [1.29, 1.82) is 0 Å². The molecule has 0 spiro atoms. The van der Waals surface area contributed by atoms with E-state index in [-0.39, 0.29) is 0 Å². The number of thiophene rings is 4. The van der Waals surface area contributed by atoms with E-state index in [0.29, 0.717) is 0 Å². The standard InChI is InChI=1S/C42H60S4/c1-5-9-13-17-21-33-25-29-37(43-33)41(38-30-26-34(44-38)22-18-14-10-6-2)42(39-31-27-35(45-39)23-19-15-11-7-3)40-32-28-36(46-40)24-20-16-12-8-4/h25-32H,5-24H2,1-4H3. The molecule has 0 amide bonds. The van der Waals surface area contributed by atoms with E-state index in [9.17, 15) is 0 Å². The molecule has 0 aliphatic rings. The zero-order valence-electron chi connectivity index (χ0n) is 29.4. The average Bonchev–Trinajstić information content (AvgIpc) is 3.89. The summed E-state index contributed by atoms with van der Waals surface area (Å²) < 4.78 is 0. The molecule has 4 heterocycles. The van der Waals surface area contributed by atoms with Crippen molar-refractivity contribution in [3.63, 3.8) is 0 Å². The van der Waals surface area contributed by atoms with Gasteiger partial charge in [-0.15, -0.1) is 45.3 Å². The third-order valence-corrected chi connectivity index (χ3v) is 13.6. The molecule has 4 aromatic rings. The Balaban J connectivity index is 1.76. The zero-order chi connectivity index (χ0) is 32.4. The molecule has 0 aliphatic heterocycles. The van der Waals surface area contributed by atoms with E-state index in [2.05, 4.69) is 122 Å². The molecule has 4 rings (SSSR count). The van der Waals surface area contributed by atoms with Crippen molar-refractivity contribution in [3.05, 3.63) is 87.5 Å². The number of unbranched alkanes of at least 4 members (excludes halogenated alkanes) is 12. The van der Waals surface area contributed by atoms with E-state index in [1.807, 2.05) is 0 Å². The Morgan fingerprint density at radius 3 is 0.783 bits per heavy atom. The van der Waals surface area contributed by atoms with Gasteiger partial charge in [0.1, 0.15) is 0 Å². The van der Waals surface area contributed by atoms with Crippen LogP contribution in [0, 0.1) is 0 Å². The van der Waals surface area contributed by atoms with Crippen molar-refractivity contribution in [3.8, 4) is 0 Å². The number of hydrogen-bond donors (Lipinski definition) is 0. The van der Waals surface area contributed by atoms with Gasteiger partial charge < -0.3 is 0 Å². The van der Waals surface area contributed by atoms with Crippen molar-refractivity contribution in [2.75, 3.05) is 0 Å². The topological polar surface area (TPSA) is 0 Å². The van der Waals surface area contributed by atoms with Gasteiger partial charge in [0.2, 0.25) is 0 Å². The molecule has 0 unspecified atom stereocenters. The molecule has 0 atom stereocenters. The van der Waals surface area contributed by atoms with Crippen LogP contribution in [0.25, 0.3) is 11.1 Å². The second kappa shape index (κ2) is 21.5. The molecular weight excluding hydrogens is 633 g/mol. The molecule has 0 bridgehead atoms. The summed E-state index contributed by atoms with van der Waals surface area (Å²) in [6.45, 7) is 9.24. The summed E-state index contributed by atoms with van der Waals surface area (Å²) in [4.78, 5) is 12.0. The molecule has 4 heteroatoms. The average molecular weight is 693 g/mol. The lowest BCUT2D eigenvalue weighted by Gasteiger charge is -2.12. The smallest absolute Gasteiger partial charge is 0.0366 e. The maximum atomic E-state index is 2.45. The lowest BCUT2D eigenvalue weighted by molar-refractivity contribution is 0.670. The van der Waals surface area contributed by atoms with Crippen molar-refractivity contribution >= 4 is 56.5 Å². The SMILES string of the molecule is CCCCCCc1ccc(C(=C(c2ccc(CCCCCC)s2)c2ccc(CCCCCC)s2)c2ccc(CCCCCC)s2)s1. The van der Waals surface area contributed by atoms with Crippen LogP contribution in [-0.4, -0.2) is 0 Å². The lowest BCUT2D eigenvalue weighted by Crippen LogP contribution is -1.90. The maximum absolute atomic E-state index is 2.45. The minimum Gasteiger partial charge on any atom is -0.140 e. The van der Waals surface area contributed by atoms with Crippen LogP contribution >= 0.6 is 45.3 Å². The Labute approximate surface area is 298 Å². The first-order chi connectivity index (χ1) is 22.7. The monoisotopic (exact) mass is 692 g/mol. The number of rotatable bonds is 24. The van der Waals surface area contributed by atoms with Gasteiger partial charge in [0.05, 0.1) is 0 Å². The van der Waals surface area contributed by atoms with Crippen molar-refractivity contribution in [2.24, 2.45) is 0 Å². The third kappa shape index (κ3) is 11.9. The first kappa shape index (κ1) is 37.4. The van der Waals surface area contributed by atoms with Crippen molar-refractivity contribution in [1.82, 2.24) is 0 Å². The van der Waals surface area contributed by atoms with Crippen LogP contribution in [0.1, 0.15) is 169 Å². The molecule has 0 aliphatic carbocycles. The molecule has 0 aromatic carbocycles. The Bertz CT molecular complexity index is 1200. The van der Waals surface area contributed by atoms with Gasteiger partial charge in [-0.05, 0) is 99.9 Å². The second-order valence-electron chi connectivity index (χ2n) is 13.1. The maximum Gasteiger partial charge on any atom is 0.0366 e.